The number of rotatable bonds is 7. The van der Waals surface area contributed by atoms with Gasteiger partial charge in [0.05, 0.1) is 19.8 Å². The third-order valence-electron chi connectivity index (χ3n) is 4.77. The van der Waals surface area contributed by atoms with E-state index in [1.54, 1.807) is 11.1 Å². The van der Waals surface area contributed by atoms with Gasteiger partial charge in [-0.15, -0.1) is 24.0 Å². The monoisotopic (exact) mass is 503 g/mol. The summed E-state index contributed by atoms with van der Waals surface area (Å²) in [5.41, 5.74) is 7.04. The maximum Gasteiger partial charge on any atom is 0.409 e. The van der Waals surface area contributed by atoms with Crippen LogP contribution in [-0.2, 0) is 11.3 Å². The number of ether oxygens (including phenoxy) is 2. The predicted molar refractivity (Wildman–Crippen MR) is 118 cm³/mol. The molecule has 3 N–H and O–H groups in total. The van der Waals surface area contributed by atoms with Crippen molar-refractivity contribution >= 4 is 36.0 Å². The lowest BCUT2D eigenvalue weighted by Crippen LogP contribution is -2.48. The van der Waals surface area contributed by atoms with Crippen LogP contribution in [0.5, 0.6) is 5.88 Å². The van der Waals surface area contributed by atoms with E-state index in [4.69, 9.17) is 15.2 Å². The molecule has 2 heterocycles. The fourth-order valence-corrected chi connectivity index (χ4v) is 2.97. The molecule has 1 aromatic rings. The fourth-order valence-electron chi connectivity index (χ4n) is 2.97. The van der Waals surface area contributed by atoms with Crippen LogP contribution < -0.4 is 15.8 Å². The Morgan fingerprint density at radius 1 is 1.36 bits per heavy atom. The number of carbonyl (C=O) groups excluding carboxylic acids is 1. The Morgan fingerprint density at radius 3 is 2.79 bits per heavy atom. The molecule has 0 atom stereocenters. The van der Waals surface area contributed by atoms with E-state index in [2.05, 4.69) is 15.3 Å². The van der Waals surface area contributed by atoms with Crippen molar-refractivity contribution in [2.45, 2.75) is 45.2 Å². The third-order valence-corrected chi connectivity index (χ3v) is 4.77. The molecule has 0 unspecified atom stereocenters. The first-order valence-electron chi connectivity index (χ1n) is 9.70. The summed E-state index contributed by atoms with van der Waals surface area (Å²) >= 11 is 0. The molecule has 0 radical (unpaired) electrons. The van der Waals surface area contributed by atoms with Gasteiger partial charge in [-0.3, -0.25) is 0 Å². The molecule has 1 aromatic heterocycles. The highest BCUT2D eigenvalue weighted by molar-refractivity contribution is 14.0. The molecule has 8 nitrogen and oxygen atoms in total. The molecule has 1 saturated carbocycles. The first kappa shape index (κ1) is 22.5. The second-order valence-corrected chi connectivity index (χ2v) is 7.06. The van der Waals surface area contributed by atoms with Gasteiger partial charge in [-0.25, -0.2) is 14.8 Å². The number of carbonyl (C=O) groups is 1. The zero-order valence-corrected chi connectivity index (χ0v) is 18.6. The number of hydrogen-bond acceptors (Lipinski definition) is 5. The van der Waals surface area contributed by atoms with Gasteiger partial charge in [-0.1, -0.05) is 0 Å². The minimum Gasteiger partial charge on any atom is -0.477 e. The molecule has 0 bridgehead atoms. The maximum atomic E-state index is 11.7. The van der Waals surface area contributed by atoms with Crippen molar-refractivity contribution in [3.8, 4) is 5.88 Å². The summed E-state index contributed by atoms with van der Waals surface area (Å²) in [6.45, 7) is 4.76. The minimum atomic E-state index is -0.241. The van der Waals surface area contributed by atoms with Crippen molar-refractivity contribution in [3.05, 3.63) is 23.9 Å². The number of nitrogens with one attached hydrogen (secondary N) is 1. The van der Waals surface area contributed by atoms with Crippen LogP contribution in [0.3, 0.4) is 0 Å². The average molecular weight is 503 g/mol. The summed E-state index contributed by atoms with van der Waals surface area (Å²) in [5.74, 6) is 1.76. The number of guanidine groups is 1. The molecular formula is C19H30IN5O3. The lowest BCUT2D eigenvalue weighted by atomic mass is 10.1. The number of nitrogens with zero attached hydrogens (tertiary/aromatic N) is 3. The van der Waals surface area contributed by atoms with Crippen LogP contribution in [0.15, 0.2) is 23.3 Å². The van der Waals surface area contributed by atoms with E-state index in [0.29, 0.717) is 44.0 Å². The lowest BCUT2D eigenvalue weighted by Gasteiger charge is -2.31. The number of aliphatic imine (C=N–C) groups is 1. The van der Waals surface area contributed by atoms with Gasteiger partial charge < -0.3 is 25.4 Å². The molecule has 28 heavy (non-hydrogen) atoms. The fraction of sp³-hybridized carbons (Fsp3) is 0.632. The van der Waals surface area contributed by atoms with Gasteiger partial charge in [0.2, 0.25) is 5.88 Å². The van der Waals surface area contributed by atoms with E-state index in [9.17, 15) is 4.79 Å². The van der Waals surface area contributed by atoms with Gasteiger partial charge in [0.1, 0.15) is 0 Å². The van der Waals surface area contributed by atoms with E-state index in [-0.39, 0.29) is 36.1 Å². The van der Waals surface area contributed by atoms with Crippen molar-refractivity contribution in [1.29, 1.82) is 0 Å². The molecule has 1 aliphatic carbocycles. The highest BCUT2D eigenvalue weighted by atomic mass is 127. The number of hydrogen-bond donors (Lipinski definition) is 2. The minimum absolute atomic E-state index is 0. The van der Waals surface area contributed by atoms with Gasteiger partial charge >= 0.3 is 6.09 Å². The Morgan fingerprint density at radius 2 is 2.11 bits per heavy atom. The van der Waals surface area contributed by atoms with Crippen molar-refractivity contribution in [1.82, 2.24) is 15.2 Å². The molecule has 2 aliphatic rings. The molecule has 3 rings (SSSR count). The molecule has 156 valence electrons. The van der Waals surface area contributed by atoms with Crippen molar-refractivity contribution in [3.63, 3.8) is 0 Å². The van der Waals surface area contributed by atoms with Gasteiger partial charge in [-0.2, -0.15) is 0 Å². The van der Waals surface area contributed by atoms with E-state index in [1.807, 2.05) is 19.1 Å². The van der Waals surface area contributed by atoms with Crippen LogP contribution in [-0.4, -0.2) is 54.3 Å². The van der Waals surface area contributed by atoms with Crippen molar-refractivity contribution in [2.24, 2.45) is 16.6 Å². The molecular weight excluding hydrogens is 473 g/mol. The van der Waals surface area contributed by atoms with Gasteiger partial charge in [-0.05, 0) is 50.2 Å². The van der Waals surface area contributed by atoms with E-state index in [0.717, 1.165) is 25.0 Å². The predicted octanol–water partition coefficient (Wildman–Crippen LogP) is 2.51. The average Bonchev–Trinajstić information content (AvgIpc) is 3.50. The Hall–Kier alpha value is -1.78. The molecule has 1 saturated heterocycles. The van der Waals surface area contributed by atoms with E-state index < -0.39 is 0 Å². The molecule has 0 aromatic carbocycles. The van der Waals surface area contributed by atoms with Crippen LogP contribution in [0, 0.1) is 5.92 Å². The first-order chi connectivity index (χ1) is 13.1. The van der Waals surface area contributed by atoms with Gasteiger partial charge in [0.25, 0.3) is 0 Å². The molecule has 1 aliphatic heterocycles. The van der Waals surface area contributed by atoms with Gasteiger partial charge in [0.15, 0.2) is 5.96 Å². The molecule has 2 fully saturated rings. The number of piperidine rings is 1. The maximum absolute atomic E-state index is 11.7. The SMILES string of the molecule is CCOC(=O)N1CCC(NC(N)=NCc2ccnc(OCC3CC3)c2)CC1.I. The Bertz CT molecular complexity index is 661. The smallest absolute Gasteiger partial charge is 0.409 e. The highest BCUT2D eigenvalue weighted by Crippen LogP contribution is 2.29. The van der Waals surface area contributed by atoms with Crippen LogP contribution in [0.2, 0.25) is 0 Å². The third kappa shape index (κ3) is 7.33. The topological polar surface area (TPSA) is 102 Å². The number of amides is 1. The van der Waals surface area contributed by atoms with Crippen LogP contribution in [0.1, 0.15) is 38.2 Å². The molecule has 1 amide bonds. The second-order valence-electron chi connectivity index (χ2n) is 7.06. The van der Waals surface area contributed by atoms with Crippen LogP contribution in [0.4, 0.5) is 4.79 Å². The van der Waals surface area contributed by atoms with E-state index >= 15 is 0 Å². The standard InChI is InChI=1S/C19H29N5O3.HI/c1-2-26-19(25)24-9-6-16(7-10-24)23-18(20)22-12-15-5-8-21-17(11-15)27-13-14-3-4-14;/h5,8,11,14,16H,2-4,6-7,9-10,12-13H2,1H3,(H3,20,22,23);1H. The molecule has 0 spiro atoms. The number of halogens is 1. The number of aromatic nitrogens is 1. The Labute approximate surface area is 183 Å². The zero-order valence-electron chi connectivity index (χ0n) is 16.3. The quantitative estimate of drug-likeness (QED) is 0.337. The highest BCUT2D eigenvalue weighted by Gasteiger charge is 2.24. The summed E-state index contributed by atoms with van der Waals surface area (Å²) in [7, 11) is 0. The summed E-state index contributed by atoms with van der Waals surface area (Å²) in [5, 5.41) is 3.25. The van der Waals surface area contributed by atoms with E-state index in [1.165, 1.54) is 12.8 Å². The normalized spacial score (nSPS) is 17.6. The molecule has 9 heteroatoms. The Balaban J connectivity index is 0.00000280. The van der Waals surface area contributed by atoms with Gasteiger partial charge in [0, 0.05) is 31.4 Å². The number of likely N-dealkylation sites (tertiary alicyclic amines) is 1. The lowest BCUT2D eigenvalue weighted by molar-refractivity contribution is 0.0963. The van der Waals surface area contributed by atoms with Crippen molar-refractivity contribution in [2.75, 3.05) is 26.3 Å². The summed E-state index contributed by atoms with van der Waals surface area (Å²) in [6, 6.07) is 4.05. The first-order valence-corrected chi connectivity index (χ1v) is 9.70. The largest absolute Gasteiger partial charge is 0.477 e. The van der Waals surface area contributed by atoms with Crippen molar-refractivity contribution < 1.29 is 14.3 Å². The number of pyridine rings is 1. The Kier molecular flexibility index (Phi) is 9.07. The zero-order chi connectivity index (χ0) is 19.1. The summed E-state index contributed by atoms with van der Waals surface area (Å²) in [6.07, 6.45) is 5.65. The number of nitrogens with two attached hydrogens (primary N) is 1. The van der Waals surface area contributed by atoms with Crippen LogP contribution in [0.25, 0.3) is 0 Å². The summed E-state index contributed by atoms with van der Waals surface area (Å²) < 4.78 is 10.7. The second kappa shape index (κ2) is 11.3. The van der Waals surface area contributed by atoms with Crippen LogP contribution >= 0.6 is 24.0 Å². The summed E-state index contributed by atoms with van der Waals surface area (Å²) in [4.78, 5) is 22.1.